The molecule has 0 aromatic heterocycles. The SMILES string of the molecule is CC(=O)Oc1ccc2c(c1O)CC[C@@H]1[C@@H]2CC[C@]2(C)[C@@H](O)CC[C@@H]12. The molecule has 2 N–H and O–H groups in total. The van der Waals surface area contributed by atoms with Crippen molar-refractivity contribution in [2.45, 2.75) is 64.4 Å². The number of rotatable bonds is 1. The number of aromatic hydroxyl groups is 1. The van der Waals surface area contributed by atoms with E-state index in [0.717, 1.165) is 44.1 Å². The van der Waals surface area contributed by atoms with Crippen LogP contribution in [-0.4, -0.2) is 22.3 Å². The normalized spacial score (nSPS) is 37.3. The first-order valence-corrected chi connectivity index (χ1v) is 9.13. The molecule has 3 aliphatic carbocycles. The van der Waals surface area contributed by atoms with Gasteiger partial charge in [0.05, 0.1) is 6.10 Å². The van der Waals surface area contributed by atoms with E-state index in [1.165, 1.54) is 12.5 Å². The second-order valence-corrected chi connectivity index (χ2v) is 8.13. The van der Waals surface area contributed by atoms with Crippen molar-refractivity contribution in [1.29, 1.82) is 0 Å². The van der Waals surface area contributed by atoms with Crippen molar-refractivity contribution in [2.24, 2.45) is 17.3 Å². The molecule has 0 spiro atoms. The summed E-state index contributed by atoms with van der Waals surface area (Å²) in [5.41, 5.74) is 2.25. The van der Waals surface area contributed by atoms with Gasteiger partial charge in [-0.15, -0.1) is 0 Å². The van der Waals surface area contributed by atoms with E-state index >= 15 is 0 Å². The van der Waals surface area contributed by atoms with Crippen LogP contribution in [0.25, 0.3) is 0 Å². The fraction of sp³-hybridized carbons (Fsp3) is 0.650. The number of phenolic OH excluding ortho intramolecular Hbond substituents is 1. The van der Waals surface area contributed by atoms with Gasteiger partial charge in [0.1, 0.15) is 0 Å². The van der Waals surface area contributed by atoms with Crippen LogP contribution in [0.3, 0.4) is 0 Å². The second kappa shape index (κ2) is 5.48. The number of carbonyl (C=O) groups excluding carboxylic acids is 1. The lowest BCUT2D eigenvalue weighted by atomic mass is 9.55. The minimum absolute atomic E-state index is 0.0679. The molecule has 4 nitrogen and oxygen atoms in total. The summed E-state index contributed by atoms with van der Waals surface area (Å²) < 4.78 is 5.12. The molecular weight excluding hydrogens is 304 g/mol. The molecule has 1 aromatic carbocycles. The minimum Gasteiger partial charge on any atom is -0.504 e. The highest BCUT2D eigenvalue weighted by molar-refractivity contribution is 5.71. The van der Waals surface area contributed by atoms with Crippen molar-refractivity contribution < 1.29 is 19.7 Å². The Bertz CT molecular complexity index is 682. The first-order valence-electron chi connectivity index (χ1n) is 9.13. The molecule has 4 heteroatoms. The van der Waals surface area contributed by atoms with Crippen LogP contribution in [0.15, 0.2) is 12.1 Å². The number of hydrogen-bond donors (Lipinski definition) is 2. The standard InChI is InChI=1S/C20H26O4/c1-11(21)24-17-7-5-12-13-9-10-20(2)16(6-8-18(20)22)14(13)3-4-15(12)19(17)23/h5,7,13-14,16,18,22-23H,3-4,6,8-10H2,1-2H3/t13-,14-,16+,18+,20+/m1/s1. The number of aliphatic hydroxyl groups is 1. The Morgan fingerprint density at radius 3 is 2.79 bits per heavy atom. The van der Waals surface area contributed by atoms with Crippen LogP contribution in [0.4, 0.5) is 0 Å². The predicted molar refractivity (Wildman–Crippen MR) is 90.0 cm³/mol. The van der Waals surface area contributed by atoms with Crippen LogP contribution in [0, 0.1) is 17.3 Å². The number of esters is 1. The van der Waals surface area contributed by atoms with E-state index in [0.29, 0.717) is 17.8 Å². The van der Waals surface area contributed by atoms with Crippen molar-refractivity contribution in [3.8, 4) is 11.5 Å². The van der Waals surface area contributed by atoms with Gasteiger partial charge in [-0.05, 0) is 73.3 Å². The van der Waals surface area contributed by atoms with E-state index in [-0.39, 0.29) is 23.0 Å². The Kier molecular flexibility index (Phi) is 3.64. The average molecular weight is 330 g/mol. The molecule has 5 atom stereocenters. The molecular formula is C20H26O4. The van der Waals surface area contributed by atoms with Gasteiger partial charge in [0, 0.05) is 12.5 Å². The number of phenols is 1. The number of aliphatic hydroxyl groups excluding tert-OH is 1. The summed E-state index contributed by atoms with van der Waals surface area (Å²) in [4.78, 5) is 11.2. The lowest BCUT2D eigenvalue weighted by Crippen LogP contribution is -2.43. The van der Waals surface area contributed by atoms with E-state index < -0.39 is 5.97 Å². The molecule has 0 heterocycles. The molecule has 2 saturated carbocycles. The van der Waals surface area contributed by atoms with Crippen molar-refractivity contribution in [3.05, 3.63) is 23.3 Å². The molecule has 0 amide bonds. The summed E-state index contributed by atoms with van der Waals surface area (Å²) in [6.07, 6.45) is 5.85. The van der Waals surface area contributed by atoms with Gasteiger partial charge in [-0.25, -0.2) is 0 Å². The number of ether oxygens (including phenoxy) is 1. The summed E-state index contributed by atoms with van der Waals surface area (Å²) in [6.45, 7) is 3.62. The molecule has 2 fully saturated rings. The third kappa shape index (κ3) is 2.19. The molecule has 0 unspecified atom stereocenters. The second-order valence-electron chi connectivity index (χ2n) is 8.13. The summed E-state index contributed by atoms with van der Waals surface area (Å²) in [5.74, 6) is 1.63. The van der Waals surface area contributed by atoms with Crippen LogP contribution in [-0.2, 0) is 11.2 Å². The van der Waals surface area contributed by atoms with Crippen LogP contribution in [0.2, 0.25) is 0 Å². The Labute approximate surface area is 142 Å². The first-order chi connectivity index (χ1) is 11.4. The highest BCUT2D eigenvalue weighted by Crippen LogP contribution is 2.61. The highest BCUT2D eigenvalue weighted by atomic mass is 16.5. The van der Waals surface area contributed by atoms with Crippen LogP contribution >= 0.6 is 0 Å². The van der Waals surface area contributed by atoms with Gasteiger partial charge < -0.3 is 14.9 Å². The summed E-state index contributed by atoms with van der Waals surface area (Å²) in [5, 5.41) is 21.0. The topological polar surface area (TPSA) is 66.8 Å². The third-order valence-corrected chi connectivity index (χ3v) is 7.05. The van der Waals surface area contributed by atoms with Gasteiger partial charge in [-0.2, -0.15) is 0 Å². The highest BCUT2D eigenvalue weighted by Gasteiger charge is 2.54. The summed E-state index contributed by atoms with van der Waals surface area (Å²) >= 11 is 0. The zero-order chi connectivity index (χ0) is 17.1. The quantitative estimate of drug-likeness (QED) is 0.610. The van der Waals surface area contributed by atoms with Crippen molar-refractivity contribution >= 4 is 5.97 Å². The van der Waals surface area contributed by atoms with Gasteiger partial charge in [0.25, 0.3) is 0 Å². The smallest absolute Gasteiger partial charge is 0.308 e. The maximum atomic E-state index is 11.2. The van der Waals surface area contributed by atoms with E-state index in [9.17, 15) is 15.0 Å². The van der Waals surface area contributed by atoms with Crippen molar-refractivity contribution in [2.75, 3.05) is 0 Å². The maximum Gasteiger partial charge on any atom is 0.308 e. The molecule has 0 bridgehead atoms. The zero-order valence-corrected chi connectivity index (χ0v) is 14.4. The van der Waals surface area contributed by atoms with E-state index in [2.05, 4.69) is 6.92 Å². The van der Waals surface area contributed by atoms with E-state index in [4.69, 9.17) is 4.74 Å². The first kappa shape index (κ1) is 15.9. The predicted octanol–water partition coefficient (Wildman–Crippen LogP) is 3.53. The third-order valence-electron chi connectivity index (χ3n) is 7.05. The monoisotopic (exact) mass is 330 g/mol. The summed E-state index contributed by atoms with van der Waals surface area (Å²) in [6, 6.07) is 3.77. The van der Waals surface area contributed by atoms with Crippen molar-refractivity contribution in [3.63, 3.8) is 0 Å². The number of hydrogen-bond acceptors (Lipinski definition) is 4. The van der Waals surface area contributed by atoms with Crippen LogP contribution < -0.4 is 4.74 Å². The molecule has 0 aliphatic heterocycles. The van der Waals surface area contributed by atoms with E-state index in [1.807, 2.05) is 6.07 Å². The number of benzene rings is 1. The zero-order valence-electron chi connectivity index (χ0n) is 14.4. The average Bonchev–Trinajstić information content (AvgIpc) is 2.85. The fourth-order valence-electron chi connectivity index (χ4n) is 5.84. The number of carbonyl (C=O) groups is 1. The largest absolute Gasteiger partial charge is 0.504 e. The van der Waals surface area contributed by atoms with Crippen LogP contribution in [0.1, 0.15) is 63.0 Å². The van der Waals surface area contributed by atoms with Gasteiger partial charge >= 0.3 is 5.97 Å². The van der Waals surface area contributed by atoms with E-state index in [1.54, 1.807) is 6.07 Å². The molecule has 4 rings (SSSR count). The molecule has 0 radical (unpaired) electrons. The lowest BCUT2D eigenvalue weighted by molar-refractivity contribution is -0.132. The molecule has 3 aliphatic rings. The van der Waals surface area contributed by atoms with Crippen LogP contribution in [0.5, 0.6) is 11.5 Å². The number of fused-ring (bicyclic) bond motifs is 5. The Hall–Kier alpha value is -1.55. The Balaban J connectivity index is 1.68. The van der Waals surface area contributed by atoms with Gasteiger partial charge in [-0.3, -0.25) is 4.79 Å². The molecule has 1 aromatic rings. The van der Waals surface area contributed by atoms with Crippen molar-refractivity contribution in [1.82, 2.24) is 0 Å². The summed E-state index contributed by atoms with van der Waals surface area (Å²) in [7, 11) is 0. The minimum atomic E-state index is -0.410. The Morgan fingerprint density at radius 2 is 2.04 bits per heavy atom. The fourth-order valence-corrected chi connectivity index (χ4v) is 5.84. The maximum absolute atomic E-state index is 11.2. The van der Waals surface area contributed by atoms with Gasteiger partial charge in [0.2, 0.25) is 0 Å². The van der Waals surface area contributed by atoms with Gasteiger partial charge in [0.15, 0.2) is 11.5 Å². The Morgan fingerprint density at radius 1 is 1.25 bits per heavy atom. The molecule has 130 valence electrons. The molecule has 0 saturated heterocycles. The van der Waals surface area contributed by atoms with Gasteiger partial charge in [-0.1, -0.05) is 13.0 Å². The lowest BCUT2D eigenvalue weighted by Gasteiger charge is -2.50. The molecule has 24 heavy (non-hydrogen) atoms.